The molecule has 0 amide bonds. The van der Waals surface area contributed by atoms with Crippen molar-refractivity contribution in [2.45, 2.75) is 13.3 Å². The number of H-pyrrole nitrogens is 1. The highest BCUT2D eigenvalue weighted by atomic mass is 16.5. The van der Waals surface area contributed by atoms with Gasteiger partial charge in [-0.2, -0.15) is 0 Å². The molecular weight excluding hydrogens is 248 g/mol. The third-order valence-electron chi connectivity index (χ3n) is 2.51. The topological polar surface area (TPSA) is 81.3 Å². The molecule has 100 valence electrons. The SMILES string of the molecule is CCOC(=O)CCOc1n[nH]c(=O)c2ccccc12. The summed E-state index contributed by atoms with van der Waals surface area (Å²) >= 11 is 0. The van der Waals surface area contributed by atoms with Crippen molar-refractivity contribution >= 4 is 16.7 Å². The number of aromatic nitrogens is 2. The van der Waals surface area contributed by atoms with E-state index in [1.807, 2.05) is 0 Å². The largest absolute Gasteiger partial charge is 0.476 e. The highest BCUT2D eigenvalue weighted by Crippen LogP contribution is 2.18. The van der Waals surface area contributed by atoms with Gasteiger partial charge < -0.3 is 9.47 Å². The summed E-state index contributed by atoms with van der Waals surface area (Å²) in [4.78, 5) is 22.7. The zero-order valence-corrected chi connectivity index (χ0v) is 10.5. The van der Waals surface area contributed by atoms with E-state index in [0.29, 0.717) is 23.3 Å². The summed E-state index contributed by atoms with van der Waals surface area (Å²) in [5.41, 5.74) is -0.270. The minimum atomic E-state index is -0.323. The summed E-state index contributed by atoms with van der Waals surface area (Å²) in [5, 5.41) is 7.32. The molecule has 6 nitrogen and oxygen atoms in total. The number of nitrogens with one attached hydrogen (secondary N) is 1. The monoisotopic (exact) mass is 262 g/mol. The summed E-state index contributed by atoms with van der Waals surface area (Å²) in [7, 11) is 0. The molecule has 1 aromatic heterocycles. The van der Waals surface area contributed by atoms with Crippen LogP contribution in [0.5, 0.6) is 5.88 Å². The number of carbonyl (C=O) groups excluding carboxylic acids is 1. The lowest BCUT2D eigenvalue weighted by Crippen LogP contribution is -2.13. The molecule has 0 aliphatic heterocycles. The Balaban J connectivity index is 2.11. The van der Waals surface area contributed by atoms with Gasteiger partial charge in [-0.05, 0) is 19.1 Å². The van der Waals surface area contributed by atoms with Crippen molar-refractivity contribution in [3.05, 3.63) is 34.6 Å². The summed E-state index contributed by atoms with van der Waals surface area (Å²) in [5.74, 6) is -0.0178. The minimum absolute atomic E-state index is 0.142. The number of benzene rings is 1. The van der Waals surface area contributed by atoms with Crippen molar-refractivity contribution in [3.8, 4) is 5.88 Å². The maximum atomic E-state index is 11.6. The van der Waals surface area contributed by atoms with Crippen molar-refractivity contribution in [2.24, 2.45) is 0 Å². The van der Waals surface area contributed by atoms with E-state index in [2.05, 4.69) is 10.2 Å². The lowest BCUT2D eigenvalue weighted by Gasteiger charge is -2.07. The fourth-order valence-corrected chi connectivity index (χ4v) is 1.66. The van der Waals surface area contributed by atoms with E-state index >= 15 is 0 Å². The molecular formula is C13H14N2O4. The molecule has 2 rings (SSSR count). The summed E-state index contributed by atoms with van der Waals surface area (Å²) in [6.07, 6.45) is 0.142. The van der Waals surface area contributed by atoms with E-state index < -0.39 is 0 Å². The van der Waals surface area contributed by atoms with Crippen LogP contribution in [0.2, 0.25) is 0 Å². The molecule has 1 aromatic carbocycles. The number of hydrogen-bond donors (Lipinski definition) is 1. The van der Waals surface area contributed by atoms with Crippen LogP contribution in [-0.2, 0) is 9.53 Å². The number of hydrogen-bond acceptors (Lipinski definition) is 5. The van der Waals surface area contributed by atoms with Crippen molar-refractivity contribution < 1.29 is 14.3 Å². The molecule has 1 heterocycles. The highest BCUT2D eigenvalue weighted by Gasteiger charge is 2.08. The first-order valence-electron chi connectivity index (χ1n) is 5.98. The minimum Gasteiger partial charge on any atom is -0.476 e. The van der Waals surface area contributed by atoms with E-state index in [9.17, 15) is 9.59 Å². The number of ether oxygens (including phenoxy) is 2. The van der Waals surface area contributed by atoms with Gasteiger partial charge in [0.25, 0.3) is 5.56 Å². The Bertz CT molecular complexity index is 636. The van der Waals surface area contributed by atoms with Gasteiger partial charge in [0.15, 0.2) is 0 Å². The molecule has 0 spiro atoms. The Morgan fingerprint density at radius 1 is 1.32 bits per heavy atom. The molecule has 0 radical (unpaired) electrons. The third kappa shape index (κ3) is 3.09. The van der Waals surface area contributed by atoms with Gasteiger partial charge in [0.1, 0.15) is 6.61 Å². The molecule has 0 aliphatic carbocycles. The van der Waals surface area contributed by atoms with Crippen LogP contribution in [0.25, 0.3) is 10.8 Å². The standard InChI is InChI=1S/C13H14N2O4/c1-2-18-11(16)7-8-19-13-10-6-4-3-5-9(10)12(17)14-15-13/h3-6H,2,7-8H2,1H3,(H,14,17). The number of aromatic amines is 1. The molecule has 19 heavy (non-hydrogen) atoms. The average Bonchev–Trinajstić information content (AvgIpc) is 2.42. The summed E-state index contributed by atoms with van der Waals surface area (Å²) in [6.45, 7) is 2.25. The van der Waals surface area contributed by atoms with Gasteiger partial charge >= 0.3 is 5.97 Å². The van der Waals surface area contributed by atoms with Gasteiger partial charge in [-0.3, -0.25) is 9.59 Å². The van der Waals surface area contributed by atoms with Crippen molar-refractivity contribution in [2.75, 3.05) is 13.2 Å². The summed E-state index contributed by atoms with van der Waals surface area (Å²) < 4.78 is 10.2. The number of esters is 1. The number of nitrogens with zero attached hydrogens (tertiary/aromatic N) is 1. The van der Waals surface area contributed by atoms with Gasteiger partial charge in [-0.25, -0.2) is 5.10 Å². The fourth-order valence-electron chi connectivity index (χ4n) is 1.66. The van der Waals surface area contributed by atoms with Gasteiger partial charge in [-0.15, -0.1) is 5.10 Å². The Labute approximate surface area is 109 Å². The van der Waals surface area contributed by atoms with Gasteiger partial charge in [0.2, 0.25) is 5.88 Å². The molecule has 0 unspecified atom stereocenters. The van der Waals surface area contributed by atoms with Gasteiger partial charge in [0, 0.05) is 0 Å². The van der Waals surface area contributed by atoms with E-state index in [-0.39, 0.29) is 24.6 Å². The second-order valence-corrected chi connectivity index (χ2v) is 3.81. The van der Waals surface area contributed by atoms with Gasteiger partial charge in [-0.1, -0.05) is 12.1 Å². The van der Waals surface area contributed by atoms with Crippen LogP contribution < -0.4 is 10.3 Å². The molecule has 0 bridgehead atoms. The number of fused-ring (bicyclic) bond motifs is 1. The predicted octanol–water partition coefficient (Wildman–Crippen LogP) is 1.26. The summed E-state index contributed by atoms with van der Waals surface area (Å²) in [6, 6.07) is 6.99. The first-order chi connectivity index (χ1) is 9.22. The molecule has 0 saturated carbocycles. The number of rotatable bonds is 5. The Hall–Kier alpha value is -2.37. The van der Waals surface area contributed by atoms with E-state index in [1.165, 1.54) is 0 Å². The average molecular weight is 262 g/mol. The van der Waals surface area contributed by atoms with Crippen LogP contribution in [0.15, 0.2) is 29.1 Å². The van der Waals surface area contributed by atoms with Crippen molar-refractivity contribution in [1.29, 1.82) is 0 Å². The van der Waals surface area contributed by atoms with Crippen LogP contribution in [-0.4, -0.2) is 29.4 Å². The van der Waals surface area contributed by atoms with Crippen molar-refractivity contribution in [1.82, 2.24) is 10.2 Å². The number of carbonyl (C=O) groups is 1. The molecule has 6 heteroatoms. The van der Waals surface area contributed by atoms with E-state index in [4.69, 9.17) is 9.47 Å². The Morgan fingerprint density at radius 3 is 2.79 bits per heavy atom. The molecule has 2 aromatic rings. The zero-order valence-electron chi connectivity index (χ0n) is 10.5. The second-order valence-electron chi connectivity index (χ2n) is 3.81. The van der Waals surface area contributed by atoms with Crippen LogP contribution in [0.4, 0.5) is 0 Å². The van der Waals surface area contributed by atoms with Crippen LogP contribution in [0.3, 0.4) is 0 Å². The molecule has 0 aliphatic rings. The van der Waals surface area contributed by atoms with Crippen LogP contribution in [0, 0.1) is 0 Å². The van der Waals surface area contributed by atoms with E-state index in [1.54, 1.807) is 31.2 Å². The van der Waals surface area contributed by atoms with Gasteiger partial charge in [0.05, 0.1) is 23.8 Å². The fraction of sp³-hybridized carbons (Fsp3) is 0.308. The maximum Gasteiger partial charge on any atom is 0.309 e. The maximum absolute atomic E-state index is 11.6. The zero-order chi connectivity index (χ0) is 13.7. The Kier molecular flexibility index (Phi) is 4.12. The first kappa shape index (κ1) is 13.1. The highest BCUT2D eigenvalue weighted by molar-refractivity contribution is 5.85. The third-order valence-corrected chi connectivity index (χ3v) is 2.51. The first-order valence-corrected chi connectivity index (χ1v) is 5.98. The Morgan fingerprint density at radius 2 is 2.05 bits per heavy atom. The quantitative estimate of drug-likeness (QED) is 0.820. The molecule has 0 atom stereocenters. The van der Waals surface area contributed by atoms with Crippen LogP contribution in [0.1, 0.15) is 13.3 Å². The molecule has 0 saturated heterocycles. The van der Waals surface area contributed by atoms with E-state index in [0.717, 1.165) is 0 Å². The lowest BCUT2D eigenvalue weighted by molar-refractivity contribution is -0.143. The molecule has 0 fully saturated rings. The van der Waals surface area contributed by atoms with Crippen LogP contribution >= 0.6 is 0 Å². The molecule has 1 N–H and O–H groups in total. The van der Waals surface area contributed by atoms with Crippen molar-refractivity contribution in [3.63, 3.8) is 0 Å². The lowest BCUT2D eigenvalue weighted by atomic mass is 10.2. The second kappa shape index (κ2) is 5.99. The predicted molar refractivity (Wildman–Crippen MR) is 69.1 cm³/mol. The smallest absolute Gasteiger partial charge is 0.309 e. The normalized spacial score (nSPS) is 10.4.